The molecular formula is C52H88O13. The fourth-order valence-corrected chi connectivity index (χ4v) is 6.96. The van der Waals surface area contributed by atoms with E-state index in [0.717, 1.165) is 82.4 Å². The van der Waals surface area contributed by atoms with Gasteiger partial charge in [0, 0.05) is 37.5 Å². The van der Waals surface area contributed by atoms with Crippen LogP contribution in [0, 0.1) is 10.8 Å². The molecule has 0 saturated heterocycles. The summed E-state index contributed by atoms with van der Waals surface area (Å²) in [5.74, 6) is -3.71. The molecule has 13 nitrogen and oxygen atoms in total. The van der Waals surface area contributed by atoms with Gasteiger partial charge in [0.15, 0.2) is 0 Å². The zero-order valence-corrected chi connectivity index (χ0v) is 40.9. The Morgan fingerprint density at radius 3 is 0.769 bits per heavy atom. The summed E-state index contributed by atoms with van der Waals surface area (Å²) in [6.45, 7) is 14.1. The summed E-state index contributed by atoms with van der Waals surface area (Å²) in [4.78, 5) is 76.4. The van der Waals surface area contributed by atoms with Crippen LogP contribution in [0.2, 0.25) is 0 Å². The molecule has 0 N–H and O–H groups in total. The molecule has 0 saturated carbocycles. The molecule has 0 fully saturated rings. The first-order chi connectivity index (χ1) is 31.4. The third kappa shape index (κ3) is 34.9. The summed E-state index contributed by atoms with van der Waals surface area (Å²) in [7, 11) is 0. The van der Waals surface area contributed by atoms with Crippen LogP contribution >= 0.6 is 0 Å². The van der Waals surface area contributed by atoms with E-state index in [1.165, 1.54) is 70.6 Å². The van der Waals surface area contributed by atoms with Crippen molar-refractivity contribution < 1.29 is 61.9 Å². The molecule has 0 spiro atoms. The second-order valence-corrected chi connectivity index (χ2v) is 17.6. The van der Waals surface area contributed by atoms with Crippen molar-refractivity contribution in [3.8, 4) is 0 Å². The quantitative estimate of drug-likeness (QED) is 0.0245. The molecule has 0 aromatic carbocycles. The second kappa shape index (κ2) is 41.4. The molecule has 0 aromatic rings. The standard InChI is InChI=1S/C52H88O13/c1-7-13-16-19-22-25-28-31-34-48(56)63-42-51(39-60-45(53)10-4,40-61-46(54)11-5)37-59-38-52(41-62-47(55)12-6,43-64-49(57)35-32-29-26-23-20-17-14-8-2)44-65-50(58)36-33-30-27-24-21-18-15-9-3/h10-12H,4-9,13-44H2,1-3H3. The van der Waals surface area contributed by atoms with Gasteiger partial charge in [0.05, 0.1) is 24.0 Å². The number of carbonyl (C=O) groups is 6. The van der Waals surface area contributed by atoms with Gasteiger partial charge in [-0.3, -0.25) is 14.4 Å². The van der Waals surface area contributed by atoms with Gasteiger partial charge in [-0.25, -0.2) is 14.4 Å². The van der Waals surface area contributed by atoms with E-state index < -0.39 is 59.9 Å². The Hall–Kier alpha value is -4.00. The normalized spacial score (nSPS) is 11.3. The van der Waals surface area contributed by atoms with Crippen molar-refractivity contribution in [3.63, 3.8) is 0 Å². The molecule has 13 heteroatoms. The van der Waals surface area contributed by atoms with Crippen molar-refractivity contribution in [1.82, 2.24) is 0 Å². The van der Waals surface area contributed by atoms with E-state index in [1.54, 1.807) is 0 Å². The van der Waals surface area contributed by atoms with Gasteiger partial charge in [0.1, 0.15) is 39.6 Å². The van der Waals surface area contributed by atoms with E-state index in [0.29, 0.717) is 19.3 Å². The average Bonchev–Trinajstić information content (AvgIpc) is 3.31. The number of ether oxygens (including phenoxy) is 7. The number of carbonyl (C=O) groups excluding carboxylic acids is 6. The molecule has 0 radical (unpaired) electrons. The predicted octanol–water partition coefficient (Wildman–Crippen LogP) is 11.4. The van der Waals surface area contributed by atoms with Crippen molar-refractivity contribution >= 4 is 35.8 Å². The molecule has 0 bridgehead atoms. The summed E-state index contributed by atoms with van der Waals surface area (Å²) in [6.07, 6.45) is 28.6. The number of unbranched alkanes of at least 4 members (excludes halogenated alkanes) is 21. The van der Waals surface area contributed by atoms with Crippen LogP contribution in [-0.4, -0.2) is 88.7 Å². The maximum absolute atomic E-state index is 13.1. The Balaban J connectivity index is 6.28. The zero-order chi connectivity index (χ0) is 48.3. The van der Waals surface area contributed by atoms with E-state index >= 15 is 0 Å². The van der Waals surface area contributed by atoms with Crippen molar-refractivity contribution in [3.05, 3.63) is 38.0 Å². The zero-order valence-electron chi connectivity index (χ0n) is 40.9. The molecule has 0 rings (SSSR count). The summed E-state index contributed by atoms with van der Waals surface area (Å²) in [5.41, 5.74) is -2.84. The summed E-state index contributed by atoms with van der Waals surface area (Å²) in [5, 5.41) is 0. The van der Waals surface area contributed by atoms with Gasteiger partial charge < -0.3 is 33.2 Å². The topological polar surface area (TPSA) is 167 Å². The fourth-order valence-electron chi connectivity index (χ4n) is 6.96. The molecule has 374 valence electrons. The smallest absolute Gasteiger partial charge is 0.330 e. The molecule has 0 unspecified atom stereocenters. The monoisotopic (exact) mass is 921 g/mol. The molecule has 65 heavy (non-hydrogen) atoms. The van der Waals surface area contributed by atoms with E-state index in [-0.39, 0.29) is 58.9 Å². The maximum atomic E-state index is 13.1. The highest BCUT2D eigenvalue weighted by Crippen LogP contribution is 2.27. The Morgan fingerprint density at radius 1 is 0.323 bits per heavy atom. The van der Waals surface area contributed by atoms with Crippen LogP contribution in [0.5, 0.6) is 0 Å². The highest BCUT2D eigenvalue weighted by atomic mass is 16.6. The minimum Gasteiger partial charge on any atom is -0.465 e. The minimum atomic E-state index is -1.43. The highest BCUT2D eigenvalue weighted by molar-refractivity contribution is 5.82. The number of hydrogen-bond acceptors (Lipinski definition) is 13. The van der Waals surface area contributed by atoms with Crippen LogP contribution in [0.4, 0.5) is 0 Å². The van der Waals surface area contributed by atoms with Gasteiger partial charge in [-0.1, -0.05) is 175 Å². The molecule has 0 heterocycles. The maximum Gasteiger partial charge on any atom is 0.330 e. The first-order valence-electron chi connectivity index (χ1n) is 24.9. The Bertz CT molecular complexity index is 1270. The van der Waals surface area contributed by atoms with Crippen LogP contribution in [-0.2, 0) is 61.9 Å². The summed E-state index contributed by atoms with van der Waals surface area (Å²) >= 11 is 0. The lowest BCUT2D eigenvalue weighted by molar-refractivity contribution is -0.172. The van der Waals surface area contributed by atoms with Crippen molar-refractivity contribution in [2.45, 2.75) is 194 Å². The highest BCUT2D eigenvalue weighted by Gasteiger charge is 2.40. The number of rotatable bonds is 46. The molecular weight excluding hydrogens is 833 g/mol. The lowest BCUT2D eigenvalue weighted by atomic mass is 9.90. The largest absolute Gasteiger partial charge is 0.465 e. The third-order valence-electron chi connectivity index (χ3n) is 11.2. The SMILES string of the molecule is C=CC(=O)OCC(COCC(COC(=O)C=C)(COC(=O)CCCCCCCCCC)COC(=O)CCCCCCCCCC)(COC(=O)C=C)COC(=O)CCCCCCCCCC. The number of hydrogen-bond donors (Lipinski definition) is 0. The summed E-state index contributed by atoms with van der Waals surface area (Å²) in [6, 6.07) is 0. The van der Waals surface area contributed by atoms with E-state index in [4.69, 9.17) is 33.2 Å². The third-order valence-corrected chi connectivity index (χ3v) is 11.2. The van der Waals surface area contributed by atoms with Crippen molar-refractivity contribution in [2.75, 3.05) is 52.9 Å². The van der Waals surface area contributed by atoms with Crippen LogP contribution in [0.25, 0.3) is 0 Å². The molecule has 0 amide bonds. The van der Waals surface area contributed by atoms with Crippen LogP contribution in [0.3, 0.4) is 0 Å². The fraction of sp³-hybridized carbons (Fsp3) is 0.769. The van der Waals surface area contributed by atoms with Crippen LogP contribution in [0.1, 0.15) is 194 Å². The predicted molar refractivity (Wildman–Crippen MR) is 254 cm³/mol. The van der Waals surface area contributed by atoms with Gasteiger partial charge >= 0.3 is 35.8 Å². The first-order valence-corrected chi connectivity index (χ1v) is 24.9. The van der Waals surface area contributed by atoms with E-state index in [2.05, 4.69) is 40.5 Å². The molecule has 0 aromatic heterocycles. The van der Waals surface area contributed by atoms with Gasteiger partial charge in [0.2, 0.25) is 0 Å². The molecule has 0 aliphatic rings. The second-order valence-electron chi connectivity index (χ2n) is 17.6. The molecule has 0 aliphatic carbocycles. The average molecular weight is 921 g/mol. The van der Waals surface area contributed by atoms with Gasteiger partial charge in [0.25, 0.3) is 0 Å². The minimum absolute atomic E-state index is 0.164. The molecule has 0 atom stereocenters. The van der Waals surface area contributed by atoms with Crippen LogP contribution < -0.4 is 0 Å². The van der Waals surface area contributed by atoms with Crippen LogP contribution in [0.15, 0.2) is 38.0 Å². The van der Waals surface area contributed by atoms with Crippen molar-refractivity contribution in [2.24, 2.45) is 10.8 Å². The summed E-state index contributed by atoms with van der Waals surface area (Å²) < 4.78 is 40.0. The van der Waals surface area contributed by atoms with E-state index in [1.807, 2.05) is 0 Å². The first kappa shape index (κ1) is 61.0. The lowest BCUT2D eigenvalue weighted by Gasteiger charge is -2.35. The van der Waals surface area contributed by atoms with Crippen molar-refractivity contribution in [1.29, 1.82) is 0 Å². The van der Waals surface area contributed by atoms with E-state index in [9.17, 15) is 28.8 Å². The Kier molecular flexibility index (Phi) is 38.9. The van der Waals surface area contributed by atoms with Gasteiger partial charge in [-0.2, -0.15) is 0 Å². The Morgan fingerprint density at radius 2 is 0.538 bits per heavy atom. The number of esters is 6. The van der Waals surface area contributed by atoms with Gasteiger partial charge in [-0.15, -0.1) is 0 Å². The lowest BCUT2D eigenvalue weighted by Crippen LogP contribution is -2.47. The molecule has 0 aliphatic heterocycles. The van der Waals surface area contributed by atoms with Gasteiger partial charge in [-0.05, 0) is 19.3 Å². The Labute approximate surface area is 392 Å².